The van der Waals surface area contributed by atoms with Crippen LogP contribution in [0.1, 0.15) is 19.0 Å². The van der Waals surface area contributed by atoms with Gasteiger partial charge in [0, 0.05) is 37.3 Å². The van der Waals surface area contributed by atoms with Crippen LogP contribution in [0.3, 0.4) is 0 Å². The number of aromatic nitrogens is 1. The minimum Gasteiger partial charge on any atom is -0.357 e. The molecule has 1 saturated heterocycles. The second-order valence-electron chi connectivity index (χ2n) is 6.72. The summed E-state index contributed by atoms with van der Waals surface area (Å²) >= 11 is 0. The Kier molecular flexibility index (Phi) is 6.56. The Morgan fingerprint density at radius 2 is 2.11 bits per heavy atom. The van der Waals surface area contributed by atoms with Gasteiger partial charge in [0.2, 0.25) is 0 Å². The predicted octanol–water partition coefficient (Wildman–Crippen LogP) is 3.03. The zero-order chi connectivity index (χ0) is 20.0. The van der Waals surface area contributed by atoms with Gasteiger partial charge in [-0.1, -0.05) is 35.5 Å². The molecule has 0 amide bonds. The Balaban J connectivity index is 1.57. The summed E-state index contributed by atoms with van der Waals surface area (Å²) in [6, 6.07) is 11.4. The number of likely N-dealkylation sites (tertiary alicyclic amines) is 1. The fourth-order valence-corrected chi connectivity index (χ4v) is 3.15. The molecule has 0 saturated carbocycles. The van der Waals surface area contributed by atoms with Crippen LogP contribution in [0.25, 0.3) is 11.3 Å². The molecule has 0 spiro atoms. The molecule has 1 aromatic heterocycles. The zero-order valence-electron chi connectivity index (χ0n) is 15.7. The minimum absolute atomic E-state index is 0.0719. The first-order valence-corrected chi connectivity index (χ1v) is 9.28. The van der Waals surface area contributed by atoms with Crippen molar-refractivity contribution < 1.29 is 17.7 Å². The van der Waals surface area contributed by atoms with Crippen molar-refractivity contribution in [3.63, 3.8) is 0 Å². The molecule has 1 aliphatic rings. The third kappa shape index (κ3) is 5.98. The van der Waals surface area contributed by atoms with Crippen molar-refractivity contribution in [3.8, 4) is 11.3 Å². The Bertz CT molecular complexity index is 775. The van der Waals surface area contributed by atoms with E-state index >= 15 is 0 Å². The van der Waals surface area contributed by atoms with E-state index < -0.39 is 12.7 Å². The van der Waals surface area contributed by atoms with E-state index in [1.807, 2.05) is 43.3 Å². The molecule has 1 unspecified atom stereocenters. The largest absolute Gasteiger partial charge is 0.401 e. The van der Waals surface area contributed by atoms with Gasteiger partial charge in [0.1, 0.15) is 5.69 Å². The number of hydrogen-bond donors (Lipinski definition) is 2. The van der Waals surface area contributed by atoms with Crippen LogP contribution in [0.4, 0.5) is 13.2 Å². The van der Waals surface area contributed by atoms with E-state index in [9.17, 15) is 13.2 Å². The first-order valence-electron chi connectivity index (χ1n) is 9.28. The molecule has 152 valence electrons. The third-order valence-corrected chi connectivity index (χ3v) is 4.38. The smallest absolute Gasteiger partial charge is 0.357 e. The summed E-state index contributed by atoms with van der Waals surface area (Å²) in [4.78, 5) is 5.89. The molecule has 1 atom stereocenters. The van der Waals surface area contributed by atoms with Crippen LogP contribution in [-0.4, -0.2) is 54.4 Å². The number of nitrogens with one attached hydrogen (secondary N) is 2. The van der Waals surface area contributed by atoms with Gasteiger partial charge < -0.3 is 15.2 Å². The first-order chi connectivity index (χ1) is 13.4. The van der Waals surface area contributed by atoms with E-state index in [0.29, 0.717) is 50.0 Å². The summed E-state index contributed by atoms with van der Waals surface area (Å²) in [7, 11) is 0. The standard InChI is InChI=1S/C19H24F3N5O/c1-2-23-18(25-15-8-9-27(12-15)13-19(20,21)22)24-11-16-10-17(28-26-16)14-6-4-3-5-7-14/h3-7,10,15H,2,8-9,11-13H2,1H3,(H2,23,24,25). The van der Waals surface area contributed by atoms with Crippen LogP contribution in [0.5, 0.6) is 0 Å². The molecular formula is C19H24F3N5O. The summed E-state index contributed by atoms with van der Waals surface area (Å²) in [5, 5.41) is 10.4. The molecule has 2 aromatic rings. The van der Waals surface area contributed by atoms with Crippen molar-refractivity contribution in [1.29, 1.82) is 0 Å². The number of hydrogen-bond acceptors (Lipinski definition) is 4. The maximum Gasteiger partial charge on any atom is 0.401 e. The fraction of sp³-hybridized carbons (Fsp3) is 0.474. The highest BCUT2D eigenvalue weighted by Crippen LogP contribution is 2.21. The Morgan fingerprint density at radius 3 is 2.82 bits per heavy atom. The highest BCUT2D eigenvalue weighted by Gasteiger charge is 2.34. The second-order valence-corrected chi connectivity index (χ2v) is 6.72. The third-order valence-electron chi connectivity index (χ3n) is 4.38. The van der Waals surface area contributed by atoms with Crippen molar-refractivity contribution >= 4 is 5.96 Å². The number of halogens is 3. The van der Waals surface area contributed by atoms with E-state index in [4.69, 9.17) is 4.52 Å². The Morgan fingerprint density at radius 1 is 1.32 bits per heavy atom. The summed E-state index contributed by atoms with van der Waals surface area (Å²) < 4.78 is 43.0. The highest BCUT2D eigenvalue weighted by atomic mass is 19.4. The lowest BCUT2D eigenvalue weighted by atomic mass is 10.2. The molecule has 1 aliphatic heterocycles. The Hall–Kier alpha value is -2.55. The number of aliphatic imine (C=N–C) groups is 1. The maximum atomic E-state index is 12.5. The van der Waals surface area contributed by atoms with Crippen molar-refractivity contribution in [3.05, 3.63) is 42.1 Å². The van der Waals surface area contributed by atoms with Crippen LogP contribution in [-0.2, 0) is 6.54 Å². The monoisotopic (exact) mass is 395 g/mol. The summed E-state index contributed by atoms with van der Waals surface area (Å²) in [6.45, 7) is 2.78. The number of rotatable bonds is 6. The lowest BCUT2D eigenvalue weighted by molar-refractivity contribution is -0.143. The van der Waals surface area contributed by atoms with E-state index in [-0.39, 0.29) is 6.04 Å². The molecule has 1 fully saturated rings. The highest BCUT2D eigenvalue weighted by molar-refractivity contribution is 5.80. The van der Waals surface area contributed by atoms with Crippen molar-refractivity contribution in [2.75, 3.05) is 26.2 Å². The summed E-state index contributed by atoms with van der Waals surface area (Å²) in [6.07, 6.45) is -3.53. The van der Waals surface area contributed by atoms with Gasteiger partial charge >= 0.3 is 6.18 Å². The van der Waals surface area contributed by atoms with Crippen LogP contribution in [0, 0.1) is 0 Å². The number of alkyl halides is 3. The molecule has 0 radical (unpaired) electrons. The van der Waals surface area contributed by atoms with E-state index in [0.717, 1.165) is 5.56 Å². The lowest BCUT2D eigenvalue weighted by Crippen LogP contribution is -2.45. The molecule has 28 heavy (non-hydrogen) atoms. The van der Waals surface area contributed by atoms with Crippen molar-refractivity contribution in [2.24, 2.45) is 4.99 Å². The lowest BCUT2D eigenvalue weighted by Gasteiger charge is -2.19. The van der Waals surface area contributed by atoms with Crippen molar-refractivity contribution in [1.82, 2.24) is 20.7 Å². The van der Waals surface area contributed by atoms with E-state index in [1.165, 1.54) is 4.90 Å². The molecule has 2 heterocycles. The van der Waals surface area contributed by atoms with Crippen LogP contribution in [0.2, 0.25) is 0 Å². The molecule has 2 N–H and O–H groups in total. The normalized spacial score (nSPS) is 18.4. The van der Waals surface area contributed by atoms with Crippen LogP contribution in [0.15, 0.2) is 45.9 Å². The van der Waals surface area contributed by atoms with Gasteiger partial charge in [-0.2, -0.15) is 13.2 Å². The molecule has 0 aliphatic carbocycles. The summed E-state index contributed by atoms with van der Waals surface area (Å²) in [5.41, 5.74) is 1.62. The molecule has 1 aromatic carbocycles. The van der Waals surface area contributed by atoms with Gasteiger partial charge in [-0.25, -0.2) is 4.99 Å². The molecule has 9 heteroatoms. The van der Waals surface area contributed by atoms with Crippen LogP contribution >= 0.6 is 0 Å². The SMILES string of the molecule is CCNC(=NCc1cc(-c2ccccc2)on1)NC1CCN(CC(F)(F)F)C1. The molecular weight excluding hydrogens is 371 g/mol. The quantitative estimate of drug-likeness (QED) is 0.581. The predicted molar refractivity (Wildman–Crippen MR) is 101 cm³/mol. The van der Waals surface area contributed by atoms with Crippen molar-refractivity contribution in [2.45, 2.75) is 32.1 Å². The fourth-order valence-electron chi connectivity index (χ4n) is 3.15. The van der Waals surface area contributed by atoms with Crippen LogP contribution < -0.4 is 10.6 Å². The van der Waals surface area contributed by atoms with Gasteiger partial charge in [0.25, 0.3) is 0 Å². The average molecular weight is 395 g/mol. The number of benzene rings is 1. The number of guanidine groups is 1. The van der Waals surface area contributed by atoms with Gasteiger partial charge in [-0.15, -0.1) is 0 Å². The number of nitrogens with zero attached hydrogens (tertiary/aromatic N) is 3. The first kappa shape index (κ1) is 20.2. The van der Waals surface area contributed by atoms with E-state index in [2.05, 4.69) is 20.8 Å². The zero-order valence-corrected chi connectivity index (χ0v) is 15.7. The van der Waals surface area contributed by atoms with Gasteiger partial charge in [0.05, 0.1) is 13.1 Å². The molecule has 6 nitrogen and oxygen atoms in total. The average Bonchev–Trinajstić information content (AvgIpc) is 3.29. The second kappa shape index (κ2) is 9.09. The maximum absolute atomic E-state index is 12.5. The summed E-state index contributed by atoms with van der Waals surface area (Å²) in [5.74, 6) is 1.23. The Labute approximate surface area is 161 Å². The van der Waals surface area contributed by atoms with Gasteiger partial charge in [-0.3, -0.25) is 4.90 Å². The van der Waals surface area contributed by atoms with E-state index in [1.54, 1.807) is 0 Å². The van der Waals surface area contributed by atoms with Gasteiger partial charge in [0.15, 0.2) is 11.7 Å². The molecule has 3 rings (SSSR count). The van der Waals surface area contributed by atoms with Gasteiger partial charge in [-0.05, 0) is 13.3 Å². The molecule has 0 bridgehead atoms. The topological polar surface area (TPSA) is 65.7 Å². The minimum atomic E-state index is -4.17.